The van der Waals surface area contributed by atoms with E-state index in [1.54, 1.807) is 0 Å². The molecule has 0 aliphatic carbocycles. The van der Waals surface area contributed by atoms with Gasteiger partial charge >= 0.3 is 5.69 Å². The number of hydrogen-bond acceptors (Lipinski definition) is 5. The van der Waals surface area contributed by atoms with E-state index in [-0.39, 0.29) is 22.9 Å². The molecule has 0 bridgehead atoms. The molecule has 1 fully saturated rings. The minimum absolute atomic E-state index is 0.102. The normalized spacial score (nSPS) is 24.1. The molecule has 6 nitrogen and oxygen atoms in total. The number of nitro groups is 1. The zero-order valence-corrected chi connectivity index (χ0v) is 11.1. The minimum atomic E-state index is -0.508. The summed E-state index contributed by atoms with van der Waals surface area (Å²) in [4.78, 5) is 20.4. The quantitative estimate of drug-likeness (QED) is 0.469. The summed E-state index contributed by atoms with van der Waals surface area (Å²) >= 11 is 5.82. The van der Waals surface area contributed by atoms with Crippen molar-refractivity contribution in [1.82, 2.24) is 9.97 Å². The van der Waals surface area contributed by atoms with Gasteiger partial charge in [-0.2, -0.15) is 0 Å². The number of anilines is 1. The van der Waals surface area contributed by atoms with Gasteiger partial charge in [0.05, 0.1) is 4.92 Å². The second-order valence-electron chi connectivity index (χ2n) is 4.63. The highest BCUT2D eigenvalue weighted by atomic mass is 35.5. The smallest absolute Gasteiger partial charge is 0.345 e. The van der Waals surface area contributed by atoms with Crippen LogP contribution in [0.2, 0.25) is 5.15 Å². The molecule has 1 saturated heterocycles. The molecular weight excluding hydrogens is 256 g/mol. The molecule has 1 aliphatic heterocycles. The summed E-state index contributed by atoms with van der Waals surface area (Å²) in [7, 11) is 0. The van der Waals surface area contributed by atoms with Crippen molar-refractivity contribution in [2.75, 3.05) is 4.90 Å². The Hall–Kier alpha value is -1.43. The van der Waals surface area contributed by atoms with Crippen LogP contribution in [0.1, 0.15) is 33.1 Å². The molecule has 0 spiro atoms. The number of piperidine rings is 1. The van der Waals surface area contributed by atoms with Crippen LogP contribution in [0.3, 0.4) is 0 Å². The average Bonchev–Trinajstić information content (AvgIpc) is 2.28. The van der Waals surface area contributed by atoms with Crippen molar-refractivity contribution in [3.63, 3.8) is 0 Å². The summed E-state index contributed by atoms with van der Waals surface area (Å²) in [5.41, 5.74) is -0.195. The van der Waals surface area contributed by atoms with Gasteiger partial charge < -0.3 is 4.90 Å². The second kappa shape index (κ2) is 5.06. The lowest BCUT2D eigenvalue weighted by molar-refractivity contribution is -0.384. The van der Waals surface area contributed by atoms with E-state index < -0.39 is 4.92 Å². The molecule has 18 heavy (non-hydrogen) atoms. The first-order valence-corrected chi connectivity index (χ1v) is 6.33. The molecule has 1 aromatic heterocycles. The summed E-state index contributed by atoms with van der Waals surface area (Å²) in [6.07, 6.45) is 4.41. The molecule has 1 aromatic rings. The molecule has 2 heterocycles. The lowest BCUT2D eigenvalue weighted by atomic mass is 9.97. The van der Waals surface area contributed by atoms with Gasteiger partial charge in [-0.25, -0.2) is 9.97 Å². The SMILES string of the molecule is CC1CCCC(C)N1c1ncnc(Cl)c1[N+](=O)[O-]. The van der Waals surface area contributed by atoms with Crippen LogP contribution >= 0.6 is 11.6 Å². The highest BCUT2D eigenvalue weighted by molar-refractivity contribution is 6.31. The summed E-state index contributed by atoms with van der Waals surface area (Å²) in [6.45, 7) is 4.10. The maximum absolute atomic E-state index is 11.1. The van der Waals surface area contributed by atoms with Gasteiger partial charge in [-0.15, -0.1) is 0 Å². The molecule has 98 valence electrons. The van der Waals surface area contributed by atoms with Crippen LogP contribution in [0.4, 0.5) is 11.5 Å². The summed E-state index contributed by atoms with van der Waals surface area (Å²) in [6, 6.07) is 0.442. The predicted molar refractivity (Wildman–Crippen MR) is 69.0 cm³/mol. The van der Waals surface area contributed by atoms with Crippen molar-refractivity contribution in [2.45, 2.75) is 45.2 Å². The fraction of sp³-hybridized carbons (Fsp3) is 0.636. The fourth-order valence-corrected chi connectivity index (χ4v) is 2.73. The molecule has 1 aliphatic rings. The van der Waals surface area contributed by atoms with Gasteiger partial charge in [0.25, 0.3) is 0 Å². The Kier molecular flexibility index (Phi) is 3.65. The van der Waals surface area contributed by atoms with Crippen molar-refractivity contribution in [2.24, 2.45) is 0 Å². The number of rotatable bonds is 2. The molecule has 7 heteroatoms. The predicted octanol–water partition coefficient (Wildman–Crippen LogP) is 2.81. The third-order valence-corrected chi connectivity index (χ3v) is 3.66. The van der Waals surface area contributed by atoms with Crippen molar-refractivity contribution >= 4 is 23.1 Å². The lowest BCUT2D eigenvalue weighted by Crippen LogP contribution is -2.44. The van der Waals surface area contributed by atoms with E-state index in [1.165, 1.54) is 6.33 Å². The van der Waals surface area contributed by atoms with Crippen LogP contribution < -0.4 is 4.90 Å². The Bertz CT molecular complexity index is 458. The summed E-state index contributed by atoms with van der Waals surface area (Å²) in [5, 5.41) is 11.0. The average molecular weight is 271 g/mol. The largest absolute Gasteiger partial charge is 0.348 e. The van der Waals surface area contributed by atoms with Crippen LogP contribution in [0.25, 0.3) is 0 Å². The number of aromatic nitrogens is 2. The standard InChI is InChI=1S/C11H15ClN4O2/c1-7-4-3-5-8(2)15(7)11-9(16(17)18)10(12)13-6-14-11/h6-8H,3-5H2,1-2H3. The molecule has 0 N–H and O–H groups in total. The van der Waals surface area contributed by atoms with Gasteiger partial charge in [-0.05, 0) is 33.1 Å². The monoisotopic (exact) mass is 270 g/mol. The van der Waals surface area contributed by atoms with Gasteiger partial charge in [-0.3, -0.25) is 10.1 Å². The molecule has 2 rings (SSSR count). The van der Waals surface area contributed by atoms with Gasteiger partial charge in [0.2, 0.25) is 11.0 Å². The number of nitrogens with zero attached hydrogens (tertiary/aromatic N) is 4. The van der Waals surface area contributed by atoms with Crippen LogP contribution in [0.15, 0.2) is 6.33 Å². The summed E-state index contributed by atoms with van der Waals surface area (Å²) < 4.78 is 0. The molecule has 0 aromatic carbocycles. The Labute approximate surface area is 110 Å². The van der Waals surface area contributed by atoms with Crippen LogP contribution in [-0.2, 0) is 0 Å². The molecule has 0 saturated carbocycles. The molecule has 2 atom stereocenters. The first-order chi connectivity index (χ1) is 8.52. The van der Waals surface area contributed by atoms with E-state index in [0.29, 0.717) is 5.82 Å². The molecular formula is C11H15ClN4O2. The van der Waals surface area contributed by atoms with E-state index in [9.17, 15) is 10.1 Å². The van der Waals surface area contributed by atoms with E-state index >= 15 is 0 Å². The van der Waals surface area contributed by atoms with Crippen LogP contribution in [0, 0.1) is 10.1 Å². The highest BCUT2D eigenvalue weighted by Crippen LogP contribution is 2.36. The molecule has 0 amide bonds. The molecule has 2 unspecified atom stereocenters. The van der Waals surface area contributed by atoms with E-state index in [4.69, 9.17) is 11.6 Å². The maximum Gasteiger partial charge on any atom is 0.348 e. The number of halogens is 1. The van der Waals surface area contributed by atoms with E-state index in [1.807, 2.05) is 4.90 Å². The maximum atomic E-state index is 11.1. The highest BCUT2D eigenvalue weighted by Gasteiger charge is 2.33. The Morgan fingerprint density at radius 1 is 1.39 bits per heavy atom. The second-order valence-corrected chi connectivity index (χ2v) is 4.99. The van der Waals surface area contributed by atoms with Gasteiger partial charge in [0.15, 0.2) is 0 Å². The summed E-state index contributed by atoms with van der Waals surface area (Å²) in [5.74, 6) is 0.333. The van der Waals surface area contributed by atoms with Crippen molar-refractivity contribution in [3.8, 4) is 0 Å². The zero-order chi connectivity index (χ0) is 13.3. The lowest BCUT2D eigenvalue weighted by Gasteiger charge is -2.39. The third kappa shape index (κ3) is 2.25. The van der Waals surface area contributed by atoms with Crippen LogP contribution in [-0.4, -0.2) is 27.0 Å². The van der Waals surface area contributed by atoms with Crippen LogP contribution in [0.5, 0.6) is 0 Å². The third-order valence-electron chi connectivity index (χ3n) is 3.38. The van der Waals surface area contributed by atoms with E-state index in [2.05, 4.69) is 23.8 Å². The minimum Gasteiger partial charge on any atom is -0.345 e. The first-order valence-electron chi connectivity index (χ1n) is 5.95. The van der Waals surface area contributed by atoms with Crippen molar-refractivity contribution in [1.29, 1.82) is 0 Å². The molecule has 0 radical (unpaired) electrons. The Morgan fingerprint density at radius 3 is 2.56 bits per heavy atom. The van der Waals surface area contributed by atoms with Gasteiger partial charge in [0, 0.05) is 12.1 Å². The first kappa shape index (κ1) is 13.0. The Morgan fingerprint density at radius 2 is 2.00 bits per heavy atom. The van der Waals surface area contributed by atoms with Gasteiger partial charge in [-0.1, -0.05) is 11.6 Å². The fourth-order valence-electron chi connectivity index (χ4n) is 2.53. The van der Waals surface area contributed by atoms with Crippen molar-refractivity contribution < 1.29 is 4.92 Å². The topological polar surface area (TPSA) is 72.2 Å². The Balaban J connectivity index is 2.49. The zero-order valence-electron chi connectivity index (χ0n) is 10.3. The van der Waals surface area contributed by atoms with Gasteiger partial charge in [0.1, 0.15) is 6.33 Å². The number of hydrogen-bond donors (Lipinski definition) is 0. The van der Waals surface area contributed by atoms with E-state index in [0.717, 1.165) is 19.3 Å². The van der Waals surface area contributed by atoms with Crippen molar-refractivity contribution in [3.05, 3.63) is 21.6 Å².